The topological polar surface area (TPSA) is 91.1 Å². The Kier molecular flexibility index (Phi) is 4.05. The van der Waals surface area contributed by atoms with Gasteiger partial charge in [-0.1, -0.05) is 20.3 Å². The molecule has 0 amide bonds. The summed E-state index contributed by atoms with van der Waals surface area (Å²) < 4.78 is 13.6. The van der Waals surface area contributed by atoms with Gasteiger partial charge < -0.3 is 9.47 Å². The van der Waals surface area contributed by atoms with Crippen LogP contribution in [0.1, 0.15) is 20.3 Å². The van der Waals surface area contributed by atoms with Gasteiger partial charge in [-0.2, -0.15) is 0 Å². The predicted octanol–water partition coefficient (Wildman–Crippen LogP) is -0.985. The zero-order valence-corrected chi connectivity index (χ0v) is 12.9. The smallest absolute Gasteiger partial charge is 0.336 e. The van der Waals surface area contributed by atoms with Gasteiger partial charge in [0.25, 0.3) is 0 Å². The maximum atomic E-state index is 12.5. The Labute approximate surface area is 126 Å². The van der Waals surface area contributed by atoms with Crippen LogP contribution in [0.25, 0.3) is 0 Å². The minimum absolute atomic E-state index is 0.106. The summed E-state index contributed by atoms with van der Waals surface area (Å²) in [5.41, 5.74) is -1.65. The summed E-state index contributed by atoms with van der Waals surface area (Å²) in [7, 11) is 0. The molecule has 22 heavy (non-hydrogen) atoms. The molecule has 8 nitrogen and oxygen atoms in total. The zero-order chi connectivity index (χ0) is 15.9. The molecule has 3 rings (SSSR count). The third kappa shape index (κ3) is 3.07. The van der Waals surface area contributed by atoms with Crippen LogP contribution in [0.4, 0.5) is 0 Å². The quantitative estimate of drug-likeness (QED) is 0.603. The van der Waals surface area contributed by atoms with Crippen LogP contribution in [0.2, 0.25) is 0 Å². The van der Waals surface area contributed by atoms with Crippen molar-refractivity contribution < 1.29 is 9.47 Å². The van der Waals surface area contributed by atoms with E-state index in [1.165, 1.54) is 4.57 Å². The second kappa shape index (κ2) is 5.85. The number of rotatable bonds is 7. The van der Waals surface area contributed by atoms with Crippen molar-refractivity contribution in [1.82, 2.24) is 13.7 Å². The molecule has 3 unspecified atom stereocenters. The molecule has 0 spiro atoms. The Bertz CT molecular complexity index is 671. The second-order valence-electron chi connectivity index (χ2n) is 6.10. The average molecular weight is 311 g/mol. The first-order valence-corrected chi connectivity index (χ1v) is 7.69. The van der Waals surface area contributed by atoms with E-state index in [1.54, 1.807) is 0 Å². The van der Waals surface area contributed by atoms with Crippen LogP contribution in [0.3, 0.4) is 0 Å². The Morgan fingerprint density at radius 2 is 1.36 bits per heavy atom. The molecule has 3 heterocycles. The maximum absolute atomic E-state index is 12.5. The largest absolute Gasteiger partial charge is 0.371 e. The van der Waals surface area contributed by atoms with Crippen LogP contribution in [-0.4, -0.2) is 39.1 Å². The van der Waals surface area contributed by atoms with E-state index < -0.39 is 17.1 Å². The van der Waals surface area contributed by atoms with Gasteiger partial charge in [0.2, 0.25) is 0 Å². The zero-order valence-electron chi connectivity index (χ0n) is 12.9. The van der Waals surface area contributed by atoms with E-state index in [1.807, 2.05) is 13.8 Å². The van der Waals surface area contributed by atoms with Gasteiger partial charge in [-0.15, -0.1) is 0 Å². The van der Waals surface area contributed by atoms with Crippen molar-refractivity contribution in [3.05, 3.63) is 31.5 Å². The van der Waals surface area contributed by atoms with E-state index >= 15 is 0 Å². The molecule has 2 aliphatic rings. The number of hydrogen-bond donors (Lipinski definition) is 0. The molecule has 2 saturated heterocycles. The standard InChI is InChI=1S/C14H21N3O5/c1-3-9(2)4-15-12(18)16(5-10-7-21-10)14(20)17(13(15)19)6-11-8-22-11/h9-11H,3-8H2,1-2H3. The first-order chi connectivity index (χ1) is 10.5. The van der Waals surface area contributed by atoms with Gasteiger partial charge in [0.1, 0.15) is 0 Å². The fourth-order valence-electron chi connectivity index (χ4n) is 2.35. The van der Waals surface area contributed by atoms with Crippen molar-refractivity contribution >= 4 is 0 Å². The highest BCUT2D eigenvalue weighted by Crippen LogP contribution is 2.11. The lowest BCUT2D eigenvalue weighted by Crippen LogP contribution is -2.55. The molecule has 0 N–H and O–H groups in total. The van der Waals surface area contributed by atoms with Crippen molar-refractivity contribution in [1.29, 1.82) is 0 Å². The highest BCUT2D eigenvalue weighted by Gasteiger charge is 2.29. The Morgan fingerprint density at radius 3 is 1.73 bits per heavy atom. The molecule has 1 aromatic heterocycles. The lowest BCUT2D eigenvalue weighted by Gasteiger charge is -2.15. The summed E-state index contributed by atoms with van der Waals surface area (Å²) in [5.74, 6) is 0.180. The van der Waals surface area contributed by atoms with Crippen molar-refractivity contribution in [2.45, 2.75) is 52.1 Å². The summed E-state index contributed by atoms with van der Waals surface area (Å²) in [6, 6.07) is 0. The van der Waals surface area contributed by atoms with Gasteiger partial charge in [-0.05, 0) is 5.92 Å². The summed E-state index contributed by atoms with van der Waals surface area (Å²) >= 11 is 0. The number of aromatic nitrogens is 3. The van der Waals surface area contributed by atoms with Gasteiger partial charge >= 0.3 is 17.1 Å². The lowest BCUT2D eigenvalue weighted by atomic mass is 10.1. The van der Waals surface area contributed by atoms with Gasteiger partial charge in [0.05, 0.1) is 38.5 Å². The van der Waals surface area contributed by atoms with Gasteiger partial charge in [0, 0.05) is 6.54 Å². The molecule has 0 saturated carbocycles. The van der Waals surface area contributed by atoms with E-state index in [2.05, 4.69) is 0 Å². The van der Waals surface area contributed by atoms with Gasteiger partial charge in [-0.25, -0.2) is 28.1 Å². The van der Waals surface area contributed by atoms with Crippen molar-refractivity contribution in [2.75, 3.05) is 13.2 Å². The van der Waals surface area contributed by atoms with Crippen LogP contribution in [-0.2, 0) is 29.1 Å². The van der Waals surface area contributed by atoms with Crippen molar-refractivity contribution in [2.24, 2.45) is 5.92 Å². The monoisotopic (exact) mass is 311 g/mol. The van der Waals surface area contributed by atoms with E-state index in [4.69, 9.17) is 9.47 Å². The van der Waals surface area contributed by atoms with Crippen LogP contribution >= 0.6 is 0 Å². The van der Waals surface area contributed by atoms with Gasteiger partial charge in [-0.3, -0.25) is 0 Å². The minimum atomic E-state index is -0.568. The first kappa shape index (κ1) is 15.2. The average Bonchev–Trinajstić information content (AvgIpc) is 3.39. The Morgan fingerprint density at radius 1 is 0.955 bits per heavy atom. The third-order valence-corrected chi connectivity index (χ3v) is 4.15. The van der Waals surface area contributed by atoms with Crippen LogP contribution in [0.15, 0.2) is 14.4 Å². The molecule has 2 fully saturated rings. The SMILES string of the molecule is CCC(C)Cn1c(=O)n(CC2CO2)c(=O)n(CC2CO2)c1=O. The summed E-state index contributed by atoms with van der Waals surface area (Å²) in [5, 5.41) is 0. The minimum Gasteiger partial charge on any atom is -0.371 e. The normalized spacial score (nSPS) is 24.3. The molecule has 122 valence electrons. The molecule has 1 aromatic rings. The van der Waals surface area contributed by atoms with Crippen molar-refractivity contribution in [3.8, 4) is 0 Å². The molecular weight excluding hydrogens is 290 g/mol. The van der Waals surface area contributed by atoms with Crippen LogP contribution in [0.5, 0.6) is 0 Å². The Hall–Kier alpha value is -1.67. The van der Waals surface area contributed by atoms with E-state index in [0.29, 0.717) is 19.8 Å². The highest BCUT2D eigenvalue weighted by molar-refractivity contribution is 4.85. The number of nitrogens with zero attached hydrogens (tertiary/aromatic N) is 3. The predicted molar refractivity (Wildman–Crippen MR) is 78.2 cm³/mol. The fourth-order valence-corrected chi connectivity index (χ4v) is 2.35. The second-order valence-corrected chi connectivity index (χ2v) is 6.10. The summed E-state index contributed by atoms with van der Waals surface area (Å²) in [6.45, 7) is 5.77. The highest BCUT2D eigenvalue weighted by atomic mass is 16.6. The molecule has 0 radical (unpaired) electrons. The fraction of sp³-hybridized carbons (Fsp3) is 0.786. The van der Waals surface area contributed by atoms with Crippen molar-refractivity contribution in [3.63, 3.8) is 0 Å². The van der Waals surface area contributed by atoms with Gasteiger partial charge in [0.15, 0.2) is 0 Å². The van der Waals surface area contributed by atoms with Crippen LogP contribution < -0.4 is 17.1 Å². The lowest BCUT2D eigenvalue weighted by molar-refractivity contribution is 0.330. The molecule has 0 bridgehead atoms. The first-order valence-electron chi connectivity index (χ1n) is 7.69. The molecular formula is C14H21N3O5. The molecule has 0 aliphatic carbocycles. The number of epoxide rings is 2. The number of ether oxygens (including phenoxy) is 2. The van der Waals surface area contributed by atoms with E-state index in [-0.39, 0.29) is 31.2 Å². The summed E-state index contributed by atoms with van der Waals surface area (Å²) in [6.07, 6.45) is 0.638. The number of hydrogen-bond acceptors (Lipinski definition) is 5. The maximum Gasteiger partial charge on any atom is 0.336 e. The molecule has 8 heteroatoms. The van der Waals surface area contributed by atoms with E-state index in [0.717, 1.165) is 15.6 Å². The summed E-state index contributed by atoms with van der Waals surface area (Å²) in [4.78, 5) is 37.5. The Balaban J connectivity index is 2.07. The molecule has 3 atom stereocenters. The molecule has 0 aromatic carbocycles. The molecule has 2 aliphatic heterocycles. The third-order valence-electron chi connectivity index (χ3n) is 4.15. The van der Waals surface area contributed by atoms with E-state index in [9.17, 15) is 14.4 Å². The van der Waals surface area contributed by atoms with Crippen LogP contribution in [0, 0.1) is 5.92 Å².